The number of halogens is 3. The number of aliphatic hydroxyl groups is 1. The van der Waals surface area contributed by atoms with E-state index in [1.54, 1.807) is 11.7 Å². The number of thiazole rings is 1. The van der Waals surface area contributed by atoms with Crippen LogP contribution in [0.15, 0.2) is 23.7 Å². The normalized spacial score (nSPS) is 21.2. The van der Waals surface area contributed by atoms with Gasteiger partial charge in [-0.1, -0.05) is 0 Å². The molecule has 1 saturated heterocycles. The van der Waals surface area contributed by atoms with E-state index in [-0.39, 0.29) is 28.4 Å². The summed E-state index contributed by atoms with van der Waals surface area (Å²) in [6.07, 6.45) is -0.707. The summed E-state index contributed by atoms with van der Waals surface area (Å²) in [7, 11) is 4.66. The zero-order valence-corrected chi connectivity index (χ0v) is 20.7. The smallest absolute Gasteiger partial charge is 0.253 e. The van der Waals surface area contributed by atoms with Crippen molar-refractivity contribution >= 4 is 22.9 Å². The van der Waals surface area contributed by atoms with Crippen LogP contribution < -0.4 is 11.1 Å². The van der Waals surface area contributed by atoms with Crippen molar-refractivity contribution in [3.63, 3.8) is 0 Å². The molecule has 9 nitrogen and oxygen atoms in total. The van der Waals surface area contributed by atoms with Gasteiger partial charge in [-0.05, 0) is 25.0 Å². The Balaban J connectivity index is 1.54. The first-order chi connectivity index (χ1) is 17.1. The van der Waals surface area contributed by atoms with Gasteiger partial charge in [-0.2, -0.15) is 5.10 Å². The van der Waals surface area contributed by atoms with Gasteiger partial charge in [-0.15, -0.1) is 11.3 Å². The first kappa shape index (κ1) is 26.1. The molecule has 1 aromatic carbocycles. The van der Waals surface area contributed by atoms with E-state index in [0.717, 1.165) is 23.5 Å². The van der Waals surface area contributed by atoms with Crippen LogP contribution in [0.4, 0.5) is 18.9 Å². The molecule has 3 heterocycles. The standard InChI is InChI=1S/C23H27F3N6O3S/c1-31(2)23(34)11-6-12(24)19(13(25)7-11)22-30-17(10-36-22)21(33)29-16-8-28-32(3)20(16)18-5-4-15(27)14(26)9-35-18/h6-8,10,14-15,18,21,29,33H,4-5,9,27H2,1-3H3/t14-,15-,18+,21?/m1/s1. The fourth-order valence-corrected chi connectivity index (χ4v) is 4.89. The molecule has 1 unspecified atom stereocenters. The number of aromatic nitrogens is 3. The highest BCUT2D eigenvalue weighted by atomic mass is 32.1. The zero-order valence-electron chi connectivity index (χ0n) is 19.9. The number of hydrogen-bond donors (Lipinski definition) is 3. The third kappa shape index (κ3) is 5.24. The van der Waals surface area contributed by atoms with Crippen molar-refractivity contribution in [2.75, 3.05) is 26.0 Å². The topological polar surface area (TPSA) is 119 Å². The predicted molar refractivity (Wildman–Crippen MR) is 128 cm³/mol. The molecule has 0 aliphatic carbocycles. The lowest BCUT2D eigenvalue weighted by atomic mass is 10.0. The summed E-state index contributed by atoms with van der Waals surface area (Å²) in [5, 5.41) is 19.3. The first-order valence-electron chi connectivity index (χ1n) is 11.2. The number of nitrogens with two attached hydrogens (primary N) is 1. The molecule has 2 aromatic heterocycles. The molecule has 3 aromatic rings. The van der Waals surface area contributed by atoms with Gasteiger partial charge >= 0.3 is 0 Å². The molecule has 1 aliphatic rings. The van der Waals surface area contributed by atoms with Crippen LogP contribution in [0.2, 0.25) is 0 Å². The van der Waals surface area contributed by atoms with Gasteiger partial charge in [0.15, 0.2) is 6.23 Å². The van der Waals surface area contributed by atoms with Crippen molar-refractivity contribution < 1.29 is 27.8 Å². The van der Waals surface area contributed by atoms with Crippen LogP contribution in [0.25, 0.3) is 10.6 Å². The summed E-state index contributed by atoms with van der Waals surface area (Å²) in [5.41, 5.74) is 6.48. The Morgan fingerprint density at radius 2 is 2.03 bits per heavy atom. The quantitative estimate of drug-likeness (QED) is 0.424. The number of aryl methyl sites for hydroxylation is 1. The monoisotopic (exact) mass is 524 g/mol. The molecular formula is C23H27F3N6O3S. The van der Waals surface area contributed by atoms with E-state index in [0.29, 0.717) is 24.2 Å². The fourth-order valence-electron chi connectivity index (χ4n) is 4.00. The van der Waals surface area contributed by atoms with Gasteiger partial charge in [0.05, 0.1) is 29.7 Å². The lowest BCUT2D eigenvalue weighted by Crippen LogP contribution is -2.32. The van der Waals surface area contributed by atoms with Crippen LogP contribution in [-0.4, -0.2) is 63.6 Å². The Bertz CT molecular complexity index is 1210. The molecule has 1 aliphatic heterocycles. The Kier molecular flexibility index (Phi) is 7.64. The second kappa shape index (κ2) is 10.5. The van der Waals surface area contributed by atoms with E-state index in [9.17, 15) is 23.1 Å². The lowest BCUT2D eigenvalue weighted by Gasteiger charge is -2.19. The average Bonchev–Trinajstić information content (AvgIpc) is 3.41. The minimum absolute atomic E-state index is 0.00573. The van der Waals surface area contributed by atoms with Crippen LogP contribution in [0, 0.1) is 11.6 Å². The maximum atomic E-state index is 14.7. The Labute approximate surface area is 209 Å². The minimum Gasteiger partial charge on any atom is -0.369 e. The van der Waals surface area contributed by atoms with Gasteiger partial charge in [0.2, 0.25) is 0 Å². The Morgan fingerprint density at radius 3 is 2.69 bits per heavy atom. The van der Waals surface area contributed by atoms with Crippen LogP contribution in [0.5, 0.6) is 0 Å². The van der Waals surface area contributed by atoms with Gasteiger partial charge in [0, 0.05) is 38.1 Å². The molecule has 194 valence electrons. The molecule has 1 fully saturated rings. The lowest BCUT2D eigenvalue weighted by molar-refractivity contribution is 0.0246. The summed E-state index contributed by atoms with van der Waals surface area (Å²) in [4.78, 5) is 17.5. The summed E-state index contributed by atoms with van der Waals surface area (Å²) in [6.45, 7) is -0.148. The number of rotatable bonds is 6. The van der Waals surface area contributed by atoms with Crippen molar-refractivity contribution in [3.05, 3.63) is 52.3 Å². The van der Waals surface area contributed by atoms with E-state index in [1.807, 2.05) is 0 Å². The molecule has 36 heavy (non-hydrogen) atoms. The number of aliphatic hydroxyl groups excluding tert-OH is 1. The van der Waals surface area contributed by atoms with Crippen molar-refractivity contribution in [3.8, 4) is 10.6 Å². The molecule has 13 heteroatoms. The van der Waals surface area contributed by atoms with E-state index >= 15 is 0 Å². The highest BCUT2D eigenvalue weighted by Gasteiger charge is 2.30. The van der Waals surface area contributed by atoms with Crippen LogP contribution >= 0.6 is 11.3 Å². The highest BCUT2D eigenvalue weighted by molar-refractivity contribution is 7.13. The number of ether oxygens (including phenoxy) is 1. The summed E-state index contributed by atoms with van der Waals surface area (Å²) < 4.78 is 50.7. The number of amides is 1. The molecule has 4 rings (SSSR count). The van der Waals surface area contributed by atoms with E-state index in [4.69, 9.17) is 10.5 Å². The van der Waals surface area contributed by atoms with E-state index < -0.39 is 42.1 Å². The van der Waals surface area contributed by atoms with Gasteiger partial charge in [-0.3, -0.25) is 9.48 Å². The first-order valence-corrected chi connectivity index (χ1v) is 12.1. The van der Waals surface area contributed by atoms with Crippen LogP contribution in [-0.2, 0) is 11.8 Å². The summed E-state index contributed by atoms with van der Waals surface area (Å²) in [5.74, 6) is -2.41. The number of carbonyl (C=O) groups excluding carboxylic acids is 1. The van der Waals surface area contributed by atoms with Crippen molar-refractivity contribution in [1.29, 1.82) is 0 Å². The van der Waals surface area contributed by atoms with E-state index in [1.165, 1.54) is 30.6 Å². The fraction of sp³-hybridized carbons (Fsp3) is 0.435. The van der Waals surface area contributed by atoms with E-state index in [2.05, 4.69) is 15.4 Å². The summed E-state index contributed by atoms with van der Waals surface area (Å²) in [6, 6.07) is 1.30. The Hall–Kier alpha value is -3.00. The van der Waals surface area contributed by atoms with Gasteiger partial charge in [-0.25, -0.2) is 18.2 Å². The number of nitrogens with one attached hydrogen (secondary N) is 1. The number of nitrogens with zero attached hydrogens (tertiary/aromatic N) is 4. The molecule has 0 radical (unpaired) electrons. The SMILES string of the molecule is CN(C)C(=O)c1cc(F)c(-c2nc(C(O)Nc3cnn(C)c3[C@@H]3CC[C@@H](N)[C@H](F)CO3)cs2)c(F)c1. The number of benzene rings is 1. The number of carbonyl (C=O) groups is 1. The van der Waals surface area contributed by atoms with Crippen molar-refractivity contribution in [2.24, 2.45) is 12.8 Å². The average molecular weight is 525 g/mol. The molecule has 0 bridgehead atoms. The maximum Gasteiger partial charge on any atom is 0.253 e. The molecule has 0 spiro atoms. The third-order valence-electron chi connectivity index (χ3n) is 5.98. The second-order valence-corrected chi connectivity index (χ2v) is 9.64. The van der Waals surface area contributed by atoms with Crippen molar-refractivity contribution in [1.82, 2.24) is 19.7 Å². The molecule has 0 saturated carbocycles. The number of hydrogen-bond acceptors (Lipinski definition) is 8. The van der Waals surface area contributed by atoms with Crippen LogP contribution in [0.3, 0.4) is 0 Å². The zero-order chi connectivity index (χ0) is 26.1. The highest BCUT2D eigenvalue weighted by Crippen LogP contribution is 2.35. The summed E-state index contributed by atoms with van der Waals surface area (Å²) >= 11 is 0.944. The largest absolute Gasteiger partial charge is 0.369 e. The maximum absolute atomic E-state index is 14.7. The van der Waals surface area contributed by atoms with Gasteiger partial charge in [0.1, 0.15) is 34.6 Å². The van der Waals surface area contributed by atoms with Gasteiger partial charge in [0.25, 0.3) is 5.91 Å². The minimum atomic E-state index is -1.33. The number of alkyl halides is 1. The molecule has 4 atom stereocenters. The van der Waals surface area contributed by atoms with Crippen molar-refractivity contribution in [2.45, 2.75) is 37.4 Å². The molecule has 4 N–H and O–H groups in total. The van der Waals surface area contributed by atoms with Crippen LogP contribution in [0.1, 0.15) is 46.9 Å². The van der Waals surface area contributed by atoms with Gasteiger partial charge < -0.3 is 25.8 Å². The number of anilines is 1. The molecule has 1 amide bonds. The third-order valence-corrected chi connectivity index (χ3v) is 6.85. The molecular weight excluding hydrogens is 497 g/mol. The second-order valence-electron chi connectivity index (χ2n) is 8.79. The Morgan fingerprint density at radius 1 is 1.33 bits per heavy atom. The predicted octanol–water partition coefficient (Wildman–Crippen LogP) is 3.14.